The first kappa shape index (κ1) is 10.3. The molecule has 0 bridgehead atoms. The van der Waals surface area contributed by atoms with Gasteiger partial charge in [0.2, 0.25) is 0 Å². The summed E-state index contributed by atoms with van der Waals surface area (Å²) in [5.41, 5.74) is 13.2. The predicted octanol–water partition coefficient (Wildman–Crippen LogP) is 1.92. The maximum Gasteiger partial charge on any atom is 0.133 e. The quantitative estimate of drug-likeness (QED) is 0.802. The third kappa shape index (κ3) is 1.91. The van der Waals surface area contributed by atoms with Crippen LogP contribution in [0.5, 0.6) is 5.75 Å². The molecule has 4 heteroatoms. The first-order valence-electron chi connectivity index (χ1n) is 4.87. The Hall–Kier alpha value is -2.23. The SMILES string of the molecule is COc1cccc(-c2ccc(N)nc2N)c1. The number of nitrogens with two attached hydrogens (primary N) is 2. The van der Waals surface area contributed by atoms with Crippen LogP contribution in [-0.4, -0.2) is 12.1 Å². The second-order valence-corrected chi connectivity index (χ2v) is 3.40. The van der Waals surface area contributed by atoms with Crippen molar-refractivity contribution in [3.05, 3.63) is 36.4 Å². The molecular weight excluding hydrogens is 202 g/mol. The molecule has 0 aliphatic heterocycles. The van der Waals surface area contributed by atoms with Crippen LogP contribution in [0.25, 0.3) is 11.1 Å². The number of anilines is 2. The zero-order chi connectivity index (χ0) is 11.5. The fourth-order valence-corrected chi connectivity index (χ4v) is 1.53. The van der Waals surface area contributed by atoms with E-state index in [0.29, 0.717) is 11.6 Å². The van der Waals surface area contributed by atoms with Gasteiger partial charge >= 0.3 is 0 Å². The van der Waals surface area contributed by atoms with Crippen LogP contribution in [-0.2, 0) is 0 Å². The van der Waals surface area contributed by atoms with E-state index in [0.717, 1.165) is 16.9 Å². The number of ether oxygens (including phenoxy) is 1. The van der Waals surface area contributed by atoms with E-state index < -0.39 is 0 Å². The number of aromatic nitrogens is 1. The molecule has 0 spiro atoms. The van der Waals surface area contributed by atoms with Crippen molar-refractivity contribution in [1.29, 1.82) is 0 Å². The van der Waals surface area contributed by atoms with Gasteiger partial charge in [0.25, 0.3) is 0 Å². The molecule has 1 aromatic carbocycles. The summed E-state index contributed by atoms with van der Waals surface area (Å²) in [5, 5.41) is 0. The summed E-state index contributed by atoms with van der Waals surface area (Å²) in [6.07, 6.45) is 0. The lowest BCUT2D eigenvalue weighted by Crippen LogP contribution is -1.98. The van der Waals surface area contributed by atoms with Crippen molar-refractivity contribution in [3.63, 3.8) is 0 Å². The van der Waals surface area contributed by atoms with Crippen molar-refractivity contribution in [3.8, 4) is 16.9 Å². The predicted molar refractivity (Wildman–Crippen MR) is 65.0 cm³/mol. The molecular formula is C12H13N3O. The first-order chi connectivity index (χ1) is 7.70. The van der Waals surface area contributed by atoms with Gasteiger partial charge in [-0.15, -0.1) is 0 Å². The fourth-order valence-electron chi connectivity index (χ4n) is 1.53. The Balaban J connectivity index is 2.49. The smallest absolute Gasteiger partial charge is 0.133 e. The Labute approximate surface area is 93.9 Å². The van der Waals surface area contributed by atoms with Gasteiger partial charge in [0.15, 0.2) is 0 Å². The Bertz CT molecular complexity index is 511. The molecule has 0 fully saturated rings. The Morgan fingerprint density at radius 1 is 1.12 bits per heavy atom. The van der Waals surface area contributed by atoms with E-state index in [9.17, 15) is 0 Å². The van der Waals surface area contributed by atoms with E-state index in [-0.39, 0.29) is 0 Å². The molecule has 0 saturated heterocycles. The van der Waals surface area contributed by atoms with Gasteiger partial charge in [-0.05, 0) is 29.8 Å². The van der Waals surface area contributed by atoms with Crippen LogP contribution in [0.4, 0.5) is 11.6 Å². The Morgan fingerprint density at radius 3 is 2.62 bits per heavy atom. The number of hydrogen-bond donors (Lipinski definition) is 2. The zero-order valence-corrected chi connectivity index (χ0v) is 8.97. The number of rotatable bonds is 2. The van der Waals surface area contributed by atoms with Crippen LogP contribution in [0.15, 0.2) is 36.4 Å². The zero-order valence-electron chi connectivity index (χ0n) is 8.97. The molecule has 4 N–H and O–H groups in total. The molecule has 0 atom stereocenters. The molecule has 0 aliphatic carbocycles. The van der Waals surface area contributed by atoms with Crippen molar-refractivity contribution < 1.29 is 4.74 Å². The van der Waals surface area contributed by atoms with Crippen molar-refractivity contribution in [2.45, 2.75) is 0 Å². The Kier molecular flexibility index (Phi) is 2.64. The van der Waals surface area contributed by atoms with Crippen LogP contribution in [0.1, 0.15) is 0 Å². The summed E-state index contributed by atoms with van der Waals surface area (Å²) >= 11 is 0. The highest BCUT2D eigenvalue weighted by Crippen LogP contribution is 2.27. The van der Waals surface area contributed by atoms with Crippen LogP contribution < -0.4 is 16.2 Å². The summed E-state index contributed by atoms with van der Waals surface area (Å²) < 4.78 is 5.15. The number of benzene rings is 1. The molecule has 16 heavy (non-hydrogen) atoms. The van der Waals surface area contributed by atoms with Gasteiger partial charge in [-0.25, -0.2) is 4.98 Å². The molecule has 0 amide bonds. The third-order valence-electron chi connectivity index (χ3n) is 2.33. The maximum atomic E-state index is 5.81. The number of methoxy groups -OCH3 is 1. The molecule has 2 aromatic rings. The summed E-state index contributed by atoms with van der Waals surface area (Å²) in [4.78, 5) is 4.02. The van der Waals surface area contributed by atoms with Gasteiger partial charge < -0.3 is 16.2 Å². The molecule has 0 radical (unpaired) electrons. The maximum absolute atomic E-state index is 5.81. The lowest BCUT2D eigenvalue weighted by Gasteiger charge is -2.07. The molecule has 0 unspecified atom stereocenters. The molecule has 1 aromatic heterocycles. The van der Waals surface area contributed by atoms with E-state index in [2.05, 4.69) is 4.98 Å². The monoisotopic (exact) mass is 215 g/mol. The van der Waals surface area contributed by atoms with Crippen LogP contribution in [0, 0.1) is 0 Å². The average molecular weight is 215 g/mol. The summed E-state index contributed by atoms with van der Waals surface area (Å²) in [6, 6.07) is 11.2. The van der Waals surface area contributed by atoms with E-state index in [1.54, 1.807) is 13.2 Å². The van der Waals surface area contributed by atoms with Crippen molar-refractivity contribution >= 4 is 11.6 Å². The second-order valence-electron chi connectivity index (χ2n) is 3.40. The summed E-state index contributed by atoms with van der Waals surface area (Å²) in [5.74, 6) is 1.63. The minimum Gasteiger partial charge on any atom is -0.497 e. The van der Waals surface area contributed by atoms with Crippen molar-refractivity contribution in [2.24, 2.45) is 0 Å². The normalized spacial score (nSPS) is 10.1. The number of pyridine rings is 1. The van der Waals surface area contributed by atoms with Gasteiger partial charge in [0, 0.05) is 5.56 Å². The number of nitrogens with zero attached hydrogens (tertiary/aromatic N) is 1. The van der Waals surface area contributed by atoms with Gasteiger partial charge in [0.05, 0.1) is 7.11 Å². The Morgan fingerprint density at radius 2 is 1.94 bits per heavy atom. The van der Waals surface area contributed by atoms with E-state index in [4.69, 9.17) is 16.2 Å². The van der Waals surface area contributed by atoms with Gasteiger partial charge in [-0.2, -0.15) is 0 Å². The van der Waals surface area contributed by atoms with Gasteiger partial charge in [-0.1, -0.05) is 12.1 Å². The van der Waals surface area contributed by atoms with Crippen LogP contribution in [0.2, 0.25) is 0 Å². The highest BCUT2D eigenvalue weighted by Gasteiger charge is 2.04. The van der Waals surface area contributed by atoms with Crippen LogP contribution >= 0.6 is 0 Å². The van der Waals surface area contributed by atoms with Gasteiger partial charge in [0.1, 0.15) is 17.4 Å². The highest BCUT2D eigenvalue weighted by atomic mass is 16.5. The second kappa shape index (κ2) is 4.10. The molecule has 82 valence electrons. The summed E-state index contributed by atoms with van der Waals surface area (Å²) in [6.45, 7) is 0. The average Bonchev–Trinajstić information content (AvgIpc) is 2.29. The first-order valence-corrected chi connectivity index (χ1v) is 4.87. The van der Waals surface area contributed by atoms with E-state index >= 15 is 0 Å². The fraction of sp³-hybridized carbons (Fsp3) is 0.0833. The largest absolute Gasteiger partial charge is 0.497 e. The van der Waals surface area contributed by atoms with Gasteiger partial charge in [-0.3, -0.25) is 0 Å². The molecule has 0 saturated carbocycles. The molecule has 0 aliphatic rings. The lowest BCUT2D eigenvalue weighted by atomic mass is 10.1. The minimum absolute atomic E-state index is 0.421. The molecule has 2 rings (SSSR count). The highest BCUT2D eigenvalue weighted by molar-refractivity contribution is 5.75. The van der Waals surface area contributed by atoms with E-state index in [1.165, 1.54) is 0 Å². The van der Waals surface area contributed by atoms with E-state index in [1.807, 2.05) is 30.3 Å². The third-order valence-corrected chi connectivity index (χ3v) is 2.33. The van der Waals surface area contributed by atoms with Crippen molar-refractivity contribution in [2.75, 3.05) is 18.6 Å². The van der Waals surface area contributed by atoms with Crippen LogP contribution in [0.3, 0.4) is 0 Å². The minimum atomic E-state index is 0.421. The lowest BCUT2D eigenvalue weighted by molar-refractivity contribution is 0.415. The number of hydrogen-bond acceptors (Lipinski definition) is 4. The number of nitrogen functional groups attached to an aromatic ring is 2. The topological polar surface area (TPSA) is 74.2 Å². The molecule has 1 heterocycles. The molecule has 4 nitrogen and oxygen atoms in total. The summed E-state index contributed by atoms with van der Waals surface area (Å²) in [7, 11) is 1.63. The van der Waals surface area contributed by atoms with Crippen molar-refractivity contribution in [1.82, 2.24) is 4.98 Å². The standard InChI is InChI=1S/C12H13N3O/c1-16-9-4-2-3-8(7-9)10-5-6-11(13)15-12(10)14/h2-7H,1H3,(H4,13,14,15).